The van der Waals surface area contributed by atoms with Crippen LogP contribution in [0.25, 0.3) is 0 Å². The van der Waals surface area contributed by atoms with E-state index in [2.05, 4.69) is 19.1 Å². The van der Waals surface area contributed by atoms with Gasteiger partial charge in [-0.15, -0.1) is 0 Å². The SMILES string of the molecule is COc1ccc([C@@H](CN=Cc2cc(Cl)cc(Cl)c2O)[NH+](C)C)cc1. The van der Waals surface area contributed by atoms with Crippen LogP contribution in [-0.4, -0.2) is 39.1 Å². The third kappa shape index (κ3) is 4.63. The van der Waals surface area contributed by atoms with Crippen LogP contribution in [0.4, 0.5) is 0 Å². The summed E-state index contributed by atoms with van der Waals surface area (Å²) in [5, 5.41) is 10.6. The van der Waals surface area contributed by atoms with Gasteiger partial charge in [-0.3, -0.25) is 4.99 Å². The minimum Gasteiger partial charge on any atom is -0.506 e. The average Bonchev–Trinajstić information content (AvgIpc) is 2.55. The van der Waals surface area contributed by atoms with E-state index in [1.165, 1.54) is 16.5 Å². The normalized spacial score (nSPS) is 12.8. The molecule has 2 aromatic rings. The van der Waals surface area contributed by atoms with Gasteiger partial charge in [-0.1, -0.05) is 23.2 Å². The van der Waals surface area contributed by atoms with Crippen molar-refractivity contribution in [1.82, 2.24) is 0 Å². The Hall–Kier alpha value is -1.75. The van der Waals surface area contributed by atoms with E-state index in [9.17, 15) is 5.11 Å². The average molecular weight is 368 g/mol. The van der Waals surface area contributed by atoms with Gasteiger partial charge in [0.05, 0.1) is 32.8 Å². The second-order valence-electron chi connectivity index (χ2n) is 5.72. The van der Waals surface area contributed by atoms with Crippen molar-refractivity contribution in [3.63, 3.8) is 0 Å². The van der Waals surface area contributed by atoms with Crippen LogP contribution in [0.5, 0.6) is 11.5 Å². The van der Waals surface area contributed by atoms with Crippen LogP contribution in [0, 0.1) is 0 Å². The van der Waals surface area contributed by atoms with Gasteiger partial charge in [0, 0.05) is 22.4 Å². The summed E-state index contributed by atoms with van der Waals surface area (Å²) < 4.78 is 5.19. The molecule has 0 heterocycles. The van der Waals surface area contributed by atoms with E-state index in [0.29, 0.717) is 17.1 Å². The second kappa shape index (κ2) is 8.38. The summed E-state index contributed by atoms with van der Waals surface area (Å²) in [5.74, 6) is 0.816. The van der Waals surface area contributed by atoms with Gasteiger partial charge in [-0.25, -0.2) is 0 Å². The number of aromatic hydroxyl groups is 1. The van der Waals surface area contributed by atoms with Crippen molar-refractivity contribution in [2.24, 2.45) is 4.99 Å². The lowest BCUT2D eigenvalue weighted by atomic mass is 10.1. The predicted octanol–water partition coefficient (Wildman–Crippen LogP) is 3.01. The fraction of sp³-hybridized carbons (Fsp3) is 0.278. The maximum atomic E-state index is 9.97. The molecule has 0 unspecified atom stereocenters. The molecule has 0 aliphatic heterocycles. The van der Waals surface area contributed by atoms with Gasteiger partial charge in [0.15, 0.2) is 0 Å². The molecule has 1 atom stereocenters. The van der Waals surface area contributed by atoms with Crippen molar-refractivity contribution in [3.8, 4) is 11.5 Å². The molecule has 0 amide bonds. The Balaban J connectivity index is 2.17. The number of aliphatic imine (C=N–C) groups is 1. The van der Waals surface area contributed by atoms with E-state index in [4.69, 9.17) is 27.9 Å². The number of phenolic OH excluding ortho intramolecular Hbond substituents is 1. The molecule has 2 rings (SSSR count). The summed E-state index contributed by atoms with van der Waals surface area (Å²) in [7, 11) is 5.81. The fourth-order valence-corrected chi connectivity index (χ4v) is 2.91. The molecule has 4 nitrogen and oxygen atoms in total. The number of halogens is 2. The van der Waals surface area contributed by atoms with Crippen LogP contribution in [0.1, 0.15) is 17.2 Å². The molecule has 0 spiro atoms. The third-order valence-electron chi connectivity index (χ3n) is 3.79. The molecule has 2 aromatic carbocycles. The first-order valence-electron chi connectivity index (χ1n) is 7.54. The predicted molar refractivity (Wildman–Crippen MR) is 99.1 cm³/mol. The number of ether oxygens (including phenoxy) is 1. The van der Waals surface area contributed by atoms with Gasteiger partial charge in [-0.05, 0) is 36.4 Å². The van der Waals surface area contributed by atoms with Crippen LogP contribution in [0.3, 0.4) is 0 Å². The highest BCUT2D eigenvalue weighted by molar-refractivity contribution is 6.36. The Bertz CT molecular complexity index is 716. The third-order valence-corrected chi connectivity index (χ3v) is 4.30. The Labute approximate surface area is 152 Å². The van der Waals surface area contributed by atoms with Gasteiger partial charge in [0.1, 0.15) is 17.5 Å². The number of nitrogens with zero attached hydrogens (tertiary/aromatic N) is 1. The number of hydrogen-bond donors (Lipinski definition) is 2. The Morgan fingerprint density at radius 2 is 1.88 bits per heavy atom. The van der Waals surface area contributed by atoms with Crippen molar-refractivity contribution in [2.45, 2.75) is 6.04 Å². The highest BCUT2D eigenvalue weighted by Crippen LogP contribution is 2.30. The number of phenols is 1. The maximum absolute atomic E-state index is 9.97. The smallest absolute Gasteiger partial charge is 0.143 e. The van der Waals surface area contributed by atoms with Gasteiger partial charge >= 0.3 is 0 Å². The summed E-state index contributed by atoms with van der Waals surface area (Å²) in [5.41, 5.74) is 1.68. The molecule has 0 aliphatic carbocycles. The molecule has 0 aromatic heterocycles. The number of likely N-dealkylation sites (N-methyl/N-ethyl adjacent to an activating group) is 1. The van der Waals surface area contributed by atoms with Crippen LogP contribution in [0.15, 0.2) is 41.4 Å². The molecule has 128 valence electrons. The molecular formula is C18H21Cl2N2O2+. The number of benzene rings is 2. The number of quaternary nitrogens is 1. The number of rotatable bonds is 6. The molecule has 6 heteroatoms. The Morgan fingerprint density at radius 1 is 1.21 bits per heavy atom. The summed E-state index contributed by atoms with van der Waals surface area (Å²) in [6, 6.07) is 11.3. The van der Waals surface area contributed by atoms with Crippen molar-refractivity contribution >= 4 is 29.4 Å². The second-order valence-corrected chi connectivity index (χ2v) is 6.57. The standard InChI is InChI=1S/C18H20Cl2N2O2/c1-22(2)17(12-4-6-15(24-3)7-5-12)11-21-10-13-8-14(19)9-16(20)18(13)23/h4-10,17,23H,11H2,1-3H3/p+1/t17-/m1/s1. The number of hydrogen-bond acceptors (Lipinski definition) is 3. The van der Waals surface area contributed by atoms with Gasteiger partial charge < -0.3 is 14.7 Å². The molecule has 0 saturated carbocycles. The fourth-order valence-electron chi connectivity index (χ4n) is 2.40. The molecule has 0 fully saturated rings. The zero-order valence-corrected chi connectivity index (χ0v) is 15.4. The van der Waals surface area contributed by atoms with E-state index in [-0.39, 0.29) is 16.8 Å². The molecule has 0 bridgehead atoms. The lowest BCUT2D eigenvalue weighted by Gasteiger charge is -2.20. The van der Waals surface area contributed by atoms with E-state index in [0.717, 1.165) is 5.75 Å². The van der Waals surface area contributed by atoms with Crippen LogP contribution in [-0.2, 0) is 0 Å². The van der Waals surface area contributed by atoms with E-state index in [1.54, 1.807) is 19.4 Å². The highest BCUT2D eigenvalue weighted by Gasteiger charge is 2.17. The largest absolute Gasteiger partial charge is 0.506 e. The lowest BCUT2D eigenvalue weighted by molar-refractivity contribution is -0.890. The number of nitrogens with one attached hydrogen (secondary N) is 1. The van der Waals surface area contributed by atoms with Gasteiger partial charge in [-0.2, -0.15) is 0 Å². The minimum absolute atomic E-state index is 0.0111. The Morgan fingerprint density at radius 3 is 2.46 bits per heavy atom. The zero-order chi connectivity index (χ0) is 17.7. The van der Waals surface area contributed by atoms with Crippen molar-refractivity contribution in [2.75, 3.05) is 27.7 Å². The minimum atomic E-state index is -0.0111. The molecule has 0 radical (unpaired) electrons. The van der Waals surface area contributed by atoms with Crippen molar-refractivity contribution in [1.29, 1.82) is 0 Å². The molecule has 2 N–H and O–H groups in total. The molecule has 24 heavy (non-hydrogen) atoms. The van der Waals surface area contributed by atoms with Crippen molar-refractivity contribution in [3.05, 3.63) is 57.6 Å². The monoisotopic (exact) mass is 367 g/mol. The summed E-state index contributed by atoms with van der Waals surface area (Å²) in [6.45, 7) is 0.568. The Kier molecular flexibility index (Phi) is 6.49. The first kappa shape index (κ1) is 18.6. The van der Waals surface area contributed by atoms with Gasteiger partial charge in [0.25, 0.3) is 0 Å². The molecule has 0 aliphatic rings. The van der Waals surface area contributed by atoms with Crippen LogP contribution in [0.2, 0.25) is 10.0 Å². The highest BCUT2D eigenvalue weighted by atomic mass is 35.5. The van der Waals surface area contributed by atoms with Crippen LogP contribution < -0.4 is 9.64 Å². The number of methoxy groups -OCH3 is 1. The van der Waals surface area contributed by atoms with E-state index >= 15 is 0 Å². The van der Waals surface area contributed by atoms with Gasteiger partial charge in [0.2, 0.25) is 0 Å². The maximum Gasteiger partial charge on any atom is 0.143 e. The molecule has 0 saturated heterocycles. The summed E-state index contributed by atoms with van der Waals surface area (Å²) in [4.78, 5) is 5.73. The van der Waals surface area contributed by atoms with Crippen molar-refractivity contribution < 1.29 is 14.7 Å². The van der Waals surface area contributed by atoms with Crippen LogP contribution >= 0.6 is 23.2 Å². The zero-order valence-electron chi connectivity index (χ0n) is 13.9. The first-order valence-corrected chi connectivity index (χ1v) is 8.29. The first-order chi connectivity index (χ1) is 11.4. The topological polar surface area (TPSA) is 46.3 Å². The van der Waals surface area contributed by atoms with E-state index in [1.807, 2.05) is 24.3 Å². The van der Waals surface area contributed by atoms with E-state index < -0.39 is 0 Å². The summed E-state index contributed by atoms with van der Waals surface area (Å²) in [6.07, 6.45) is 1.60. The summed E-state index contributed by atoms with van der Waals surface area (Å²) >= 11 is 11.9. The lowest BCUT2D eigenvalue weighted by Crippen LogP contribution is -3.06. The molecular weight excluding hydrogens is 347 g/mol. The quantitative estimate of drug-likeness (QED) is 0.770.